The van der Waals surface area contributed by atoms with Gasteiger partial charge >= 0.3 is 0 Å². The fourth-order valence-electron chi connectivity index (χ4n) is 1.84. The molecule has 0 saturated carbocycles. The van der Waals surface area contributed by atoms with Crippen LogP contribution in [0, 0.1) is 0 Å². The van der Waals surface area contributed by atoms with E-state index in [1.54, 1.807) is 11.3 Å². The Morgan fingerprint density at radius 3 is 2.67 bits per heavy atom. The predicted molar refractivity (Wildman–Crippen MR) is 68.2 cm³/mol. The minimum Gasteiger partial charge on any atom is -0.399 e. The Bertz CT molecular complexity index is 655. The Kier molecular flexibility index (Phi) is 1.64. The second-order valence-electron chi connectivity index (χ2n) is 3.58. The number of anilines is 2. The molecule has 0 fully saturated rings. The van der Waals surface area contributed by atoms with Crippen LogP contribution in [-0.4, -0.2) is 0 Å². The minimum absolute atomic E-state index is 0.799. The lowest BCUT2D eigenvalue weighted by Gasteiger charge is -1.94. The van der Waals surface area contributed by atoms with E-state index in [0.29, 0.717) is 0 Å². The van der Waals surface area contributed by atoms with E-state index in [2.05, 4.69) is 12.1 Å². The molecule has 3 rings (SSSR count). The molecule has 4 N–H and O–H groups in total. The number of nitrogens with two attached hydrogens (primary N) is 2. The Morgan fingerprint density at radius 1 is 0.933 bits per heavy atom. The van der Waals surface area contributed by atoms with Gasteiger partial charge < -0.3 is 11.5 Å². The van der Waals surface area contributed by atoms with Gasteiger partial charge in [-0.25, -0.2) is 0 Å². The van der Waals surface area contributed by atoms with Crippen LogP contribution in [0.3, 0.4) is 0 Å². The van der Waals surface area contributed by atoms with Gasteiger partial charge in [-0.15, -0.1) is 11.3 Å². The first-order valence-electron chi connectivity index (χ1n) is 4.72. The summed E-state index contributed by atoms with van der Waals surface area (Å²) in [5, 5.41) is 2.45. The molecule has 0 amide bonds. The van der Waals surface area contributed by atoms with Crippen LogP contribution < -0.4 is 11.5 Å². The molecule has 0 bridgehead atoms. The first-order chi connectivity index (χ1) is 7.25. The summed E-state index contributed by atoms with van der Waals surface area (Å²) in [4.78, 5) is 0. The Labute approximate surface area is 91.1 Å². The Hall–Kier alpha value is -1.74. The van der Waals surface area contributed by atoms with Crippen molar-refractivity contribution in [3.63, 3.8) is 0 Å². The molecule has 3 heteroatoms. The van der Waals surface area contributed by atoms with E-state index in [4.69, 9.17) is 11.5 Å². The maximum Gasteiger partial charge on any atom is 0.0584 e. The van der Waals surface area contributed by atoms with E-state index >= 15 is 0 Å². The Balaban J connectivity index is 2.57. The van der Waals surface area contributed by atoms with Crippen LogP contribution >= 0.6 is 11.3 Å². The van der Waals surface area contributed by atoms with Gasteiger partial charge in [-0.05, 0) is 18.2 Å². The van der Waals surface area contributed by atoms with Crippen molar-refractivity contribution in [1.82, 2.24) is 0 Å². The zero-order valence-electron chi connectivity index (χ0n) is 8.03. The van der Waals surface area contributed by atoms with Crippen LogP contribution in [0.4, 0.5) is 11.4 Å². The first kappa shape index (κ1) is 8.56. The van der Waals surface area contributed by atoms with Crippen molar-refractivity contribution < 1.29 is 0 Å². The molecule has 0 aliphatic carbocycles. The summed E-state index contributed by atoms with van der Waals surface area (Å²) in [6.45, 7) is 0. The molecule has 2 aromatic carbocycles. The second-order valence-corrected chi connectivity index (χ2v) is 4.63. The van der Waals surface area contributed by atoms with Crippen molar-refractivity contribution in [2.75, 3.05) is 11.5 Å². The van der Waals surface area contributed by atoms with E-state index in [9.17, 15) is 0 Å². The summed E-state index contributed by atoms with van der Waals surface area (Å²) in [7, 11) is 0. The molecule has 0 spiro atoms. The molecule has 74 valence electrons. The smallest absolute Gasteiger partial charge is 0.0584 e. The van der Waals surface area contributed by atoms with Crippen molar-refractivity contribution in [3.05, 3.63) is 36.4 Å². The van der Waals surface area contributed by atoms with Crippen molar-refractivity contribution in [1.29, 1.82) is 0 Å². The summed E-state index contributed by atoms with van der Waals surface area (Å²) in [6.07, 6.45) is 0. The molecular formula is C12H10N2S. The molecule has 15 heavy (non-hydrogen) atoms. The normalized spacial score (nSPS) is 11.2. The fourth-order valence-corrected chi connectivity index (χ4v) is 3.01. The number of rotatable bonds is 0. The lowest BCUT2D eigenvalue weighted by Crippen LogP contribution is -1.82. The van der Waals surface area contributed by atoms with Crippen LogP contribution in [0.5, 0.6) is 0 Å². The van der Waals surface area contributed by atoms with Gasteiger partial charge in [0.1, 0.15) is 0 Å². The Morgan fingerprint density at radius 2 is 1.80 bits per heavy atom. The number of hydrogen-bond donors (Lipinski definition) is 2. The summed E-state index contributed by atoms with van der Waals surface area (Å²) < 4.78 is 2.35. The molecule has 0 aliphatic heterocycles. The van der Waals surface area contributed by atoms with Gasteiger partial charge in [0.2, 0.25) is 0 Å². The number of benzene rings is 2. The van der Waals surface area contributed by atoms with Crippen molar-refractivity contribution in [2.45, 2.75) is 0 Å². The molecule has 0 saturated heterocycles. The summed E-state index contributed by atoms with van der Waals surface area (Å²) >= 11 is 1.70. The van der Waals surface area contributed by atoms with Crippen molar-refractivity contribution in [2.24, 2.45) is 0 Å². The van der Waals surface area contributed by atoms with Crippen LogP contribution in [0.25, 0.3) is 20.2 Å². The monoisotopic (exact) mass is 214 g/mol. The maximum atomic E-state index is 5.94. The molecule has 0 aliphatic rings. The summed E-state index contributed by atoms with van der Waals surface area (Å²) in [5.74, 6) is 0. The van der Waals surface area contributed by atoms with Crippen molar-refractivity contribution >= 4 is 42.9 Å². The third-order valence-corrected chi connectivity index (χ3v) is 3.77. The maximum absolute atomic E-state index is 5.94. The highest BCUT2D eigenvalue weighted by molar-refractivity contribution is 7.26. The average Bonchev–Trinajstić information content (AvgIpc) is 2.57. The lowest BCUT2D eigenvalue weighted by molar-refractivity contribution is 1.79. The SMILES string of the molecule is Nc1ccc2c(c1)sc1c(N)cccc12. The van der Waals surface area contributed by atoms with Gasteiger partial charge in [0.05, 0.1) is 4.70 Å². The standard InChI is InChI=1S/C12H10N2S/c13-7-4-5-8-9-2-1-3-10(14)12(9)15-11(8)6-7/h1-6H,13-14H2. The predicted octanol–water partition coefficient (Wildman–Crippen LogP) is 3.22. The summed E-state index contributed by atoms with van der Waals surface area (Å²) in [6, 6.07) is 12.0. The van der Waals surface area contributed by atoms with Gasteiger partial charge in [-0.3, -0.25) is 0 Å². The second kappa shape index (κ2) is 2.87. The molecule has 2 nitrogen and oxygen atoms in total. The van der Waals surface area contributed by atoms with Crippen LogP contribution in [0.1, 0.15) is 0 Å². The molecule has 0 radical (unpaired) electrons. The van der Waals surface area contributed by atoms with Crippen molar-refractivity contribution in [3.8, 4) is 0 Å². The molecule has 0 unspecified atom stereocenters. The van der Waals surface area contributed by atoms with Gasteiger partial charge in [0.15, 0.2) is 0 Å². The van der Waals surface area contributed by atoms with Crippen LogP contribution in [-0.2, 0) is 0 Å². The molecule has 1 heterocycles. The molecular weight excluding hydrogens is 204 g/mol. The number of hydrogen-bond acceptors (Lipinski definition) is 3. The number of thiophene rings is 1. The highest BCUT2D eigenvalue weighted by atomic mass is 32.1. The van der Waals surface area contributed by atoms with Gasteiger partial charge in [-0.2, -0.15) is 0 Å². The fraction of sp³-hybridized carbons (Fsp3) is 0. The van der Waals surface area contributed by atoms with E-state index < -0.39 is 0 Å². The third-order valence-electron chi connectivity index (χ3n) is 2.55. The highest BCUT2D eigenvalue weighted by Crippen LogP contribution is 2.37. The topological polar surface area (TPSA) is 52.0 Å². The van der Waals surface area contributed by atoms with Gasteiger partial charge in [0, 0.05) is 26.8 Å². The minimum atomic E-state index is 0.799. The quantitative estimate of drug-likeness (QED) is 0.564. The molecule has 1 aromatic heterocycles. The lowest BCUT2D eigenvalue weighted by atomic mass is 10.1. The third kappa shape index (κ3) is 1.17. The summed E-state index contributed by atoms with van der Waals surface area (Å²) in [5.41, 5.74) is 13.3. The van der Waals surface area contributed by atoms with E-state index in [1.807, 2.05) is 24.3 Å². The van der Waals surface area contributed by atoms with Crippen LogP contribution in [0.2, 0.25) is 0 Å². The largest absolute Gasteiger partial charge is 0.399 e. The van der Waals surface area contributed by atoms with E-state index in [-0.39, 0.29) is 0 Å². The molecule has 3 aromatic rings. The van der Waals surface area contributed by atoms with Gasteiger partial charge in [-0.1, -0.05) is 18.2 Å². The molecule has 0 atom stereocenters. The van der Waals surface area contributed by atoms with Crippen LogP contribution in [0.15, 0.2) is 36.4 Å². The average molecular weight is 214 g/mol. The van der Waals surface area contributed by atoms with E-state index in [1.165, 1.54) is 15.5 Å². The number of nitrogen functional groups attached to an aromatic ring is 2. The zero-order chi connectivity index (χ0) is 10.4. The van der Waals surface area contributed by atoms with Gasteiger partial charge in [0.25, 0.3) is 0 Å². The zero-order valence-corrected chi connectivity index (χ0v) is 8.84. The first-order valence-corrected chi connectivity index (χ1v) is 5.53. The number of fused-ring (bicyclic) bond motifs is 3. The highest BCUT2D eigenvalue weighted by Gasteiger charge is 2.06. The van der Waals surface area contributed by atoms with E-state index in [0.717, 1.165) is 16.1 Å².